The number of carboxylic acid groups (broad SMARTS) is 1. The van der Waals surface area contributed by atoms with Gasteiger partial charge in [0, 0.05) is 12.0 Å². The number of nitro benzene ring substituents is 1. The summed E-state index contributed by atoms with van der Waals surface area (Å²) in [6, 6.07) is 18.1. The molecule has 8 heteroatoms. The number of carbonyl (C=O) groups excluding carboxylic acids is 1. The lowest BCUT2D eigenvalue weighted by molar-refractivity contribution is -0.384. The zero-order valence-electron chi connectivity index (χ0n) is 16.5. The first-order valence-corrected chi connectivity index (χ1v) is 9.51. The molecule has 1 amide bonds. The number of amides is 1. The van der Waals surface area contributed by atoms with Crippen molar-refractivity contribution < 1.29 is 24.4 Å². The van der Waals surface area contributed by atoms with Crippen molar-refractivity contribution in [1.29, 1.82) is 0 Å². The van der Waals surface area contributed by atoms with Crippen LogP contribution in [0.1, 0.15) is 33.0 Å². The van der Waals surface area contributed by atoms with Crippen LogP contribution in [0.5, 0.6) is 0 Å². The second-order valence-electron chi connectivity index (χ2n) is 7.22. The lowest BCUT2D eigenvalue weighted by Gasteiger charge is -2.15. The fraction of sp³-hybridized carbons (Fsp3) is 0.130. The third-order valence-electron chi connectivity index (χ3n) is 5.26. The van der Waals surface area contributed by atoms with Gasteiger partial charge in [-0.2, -0.15) is 0 Å². The SMILES string of the molecule is Cc1cc(C(=O)O)c(NC(=O)OCC2c3ccccc3-c3ccccc32)c([N+](=O)[O-])c1. The Morgan fingerprint density at radius 3 is 2.19 bits per heavy atom. The van der Waals surface area contributed by atoms with E-state index in [0.717, 1.165) is 22.3 Å². The van der Waals surface area contributed by atoms with Crippen molar-refractivity contribution >= 4 is 23.4 Å². The standard InChI is InChI=1S/C23H18N2O6/c1-13-10-18(22(26)27)21(20(11-13)25(29)30)24-23(28)31-12-19-16-8-4-2-6-14(16)15-7-3-5-9-17(15)19/h2-11,19H,12H2,1H3,(H,24,28)(H,26,27). The minimum atomic E-state index is -1.39. The number of nitrogens with zero attached hydrogens (tertiary/aromatic N) is 1. The maximum Gasteiger partial charge on any atom is 0.411 e. The molecule has 0 atom stereocenters. The van der Waals surface area contributed by atoms with Crippen LogP contribution in [0.15, 0.2) is 60.7 Å². The average Bonchev–Trinajstić information content (AvgIpc) is 3.06. The van der Waals surface area contributed by atoms with E-state index in [1.165, 1.54) is 19.1 Å². The first kappa shape index (κ1) is 20.1. The van der Waals surface area contributed by atoms with Crippen molar-refractivity contribution in [2.45, 2.75) is 12.8 Å². The van der Waals surface area contributed by atoms with E-state index in [4.69, 9.17) is 4.74 Å². The van der Waals surface area contributed by atoms with E-state index in [0.29, 0.717) is 5.56 Å². The van der Waals surface area contributed by atoms with Crippen LogP contribution in [0.4, 0.5) is 16.2 Å². The number of carbonyl (C=O) groups is 2. The van der Waals surface area contributed by atoms with Crippen molar-refractivity contribution in [3.05, 3.63) is 93.0 Å². The highest BCUT2D eigenvalue weighted by molar-refractivity contribution is 6.02. The van der Waals surface area contributed by atoms with Crippen LogP contribution < -0.4 is 5.32 Å². The first-order chi connectivity index (χ1) is 14.9. The van der Waals surface area contributed by atoms with Crippen molar-refractivity contribution in [1.82, 2.24) is 0 Å². The predicted molar refractivity (Wildman–Crippen MR) is 113 cm³/mol. The van der Waals surface area contributed by atoms with Crippen LogP contribution >= 0.6 is 0 Å². The minimum absolute atomic E-state index is 0.00191. The van der Waals surface area contributed by atoms with E-state index in [1.807, 2.05) is 48.5 Å². The smallest absolute Gasteiger partial charge is 0.411 e. The summed E-state index contributed by atoms with van der Waals surface area (Å²) in [5, 5.41) is 23.1. The number of ether oxygens (including phenoxy) is 1. The van der Waals surface area contributed by atoms with Crippen molar-refractivity contribution in [2.24, 2.45) is 0 Å². The van der Waals surface area contributed by atoms with E-state index >= 15 is 0 Å². The Bertz CT molecular complexity index is 1140. The molecule has 0 fully saturated rings. The molecular weight excluding hydrogens is 400 g/mol. The molecule has 156 valence electrons. The zero-order valence-corrected chi connectivity index (χ0v) is 16.5. The normalized spacial score (nSPS) is 12.0. The third kappa shape index (κ3) is 3.71. The molecule has 3 aromatic carbocycles. The van der Waals surface area contributed by atoms with Gasteiger partial charge in [-0.15, -0.1) is 0 Å². The van der Waals surface area contributed by atoms with Gasteiger partial charge < -0.3 is 9.84 Å². The fourth-order valence-corrected chi connectivity index (χ4v) is 3.95. The van der Waals surface area contributed by atoms with Gasteiger partial charge in [-0.25, -0.2) is 9.59 Å². The molecule has 0 bridgehead atoms. The summed E-state index contributed by atoms with van der Waals surface area (Å²) in [6.07, 6.45) is -0.962. The second-order valence-corrected chi connectivity index (χ2v) is 7.22. The van der Waals surface area contributed by atoms with Gasteiger partial charge in [0.05, 0.1) is 10.5 Å². The number of nitrogens with one attached hydrogen (secondary N) is 1. The number of benzene rings is 3. The Balaban J connectivity index is 1.58. The number of rotatable bonds is 5. The van der Waals surface area contributed by atoms with Gasteiger partial charge in [-0.1, -0.05) is 48.5 Å². The molecule has 0 spiro atoms. The third-order valence-corrected chi connectivity index (χ3v) is 5.26. The average molecular weight is 418 g/mol. The highest BCUT2D eigenvalue weighted by Gasteiger charge is 2.30. The molecule has 1 aliphatic rings. The zero-order chi connectivity index (χ0) is 22.1. The topological polar surface area (TPSA) is 119 Å². The number of aromatic carboxylic acids is 1. The Morgan fingerprint density at radius 1 is 1.06 bits per heavy atom. The molecule has 0 aromatic heterocycles. The lowest BCUT2D eigenvalue weighted by atomic mass is 9.98. The molecule has 3 aromatic rings. The Labute approximate surface area is 177 Å². The minimum Gasteiger partial charge on any atom is -0.478 e. The fourth-order valence-electron chi connectivity index (χ4n) is 3.95. The summed E-state index contributed by atoms with van der Waals surface area (Å²) < 4.78 is 5.38. The van der Waals surface area contributed by atoms with Crippen LogP contribution in [0, 0.1) is 17.0 Å². The molecule has 31 heavy (non-hydrogen) atoms. The summed E-state index contributed by atoms with van der Waals surface area (Å²) in [5.74, 6) is -1.58. The Morgan fingerprint density at radius 2 is 1.65 bits per heavy atom. The van der Waals surface area contributed by atoms with Gasteiger partial charge in [0.1, 0.15) is 12.3 Å². The number of aryl methyl sites for hydroxylation is 1. The number of carboxylic acids is 1. The maximum absolute atomic E-state index is 12.5. The predicted octanol–water partition coefficient (Wildman–Crippen LogP) is 4.96. The molecule has 1 aliphatic carbocycles. The molecule has 4 rings (SSSR count). The highest BCUT2D eigenvalue weighted by Crippen LogP contribution is 2.44. The highest BCUT2D eigenvalue weighted by atomic mass is 16.6. The molecule has 0 saturated carbocycles. The van der Waals surface area contributed by atoms with Crippen LogP contribution in [-0.2, 0) is 4.74 Å². The van der Waals surface area contributed by atoms with Crippen molar-refractivity contribution in [3.8, 4) is 11.1 Å². The van der Waals surface area contributed by atoms with Gasteiger partial charge >= 0.3 is 12.1 Å². The number of fused-ring (bicyclic) bond motifs is 3. The van der Waals surface area contributed by atoms with Gasteiger partial charge in [-0.3, -0.25) is 15.4 Å². The molecule has 8 nitrogen and oxygen atoms in total. The largest absolute Gasteiger partial charge is 0.478 e. The van der Waals surface area contributed by atoms with Crippen LogP contribution in [0.25, 0.3) is 11.1 Å². The molecule has 2 N–H and O–H groups in total. The van der Waals surface area contributed by atoms with Gasteiger partial charge in [0.25, 0.3) is 5.69 Å². The Kier molecular flexibility index (Phi) is 5.12. The monoisotopic (exact) mass is 418 g/mol. The van der Waals surface area contributed by atoms with E-state index in [-0.39, 0.29) is 18.1 Å². The van der Waals surface area contributed by atoms with E-state index < -0.39 is 28.4 Å². The quantitative estimate of drug-likeness (QED) is 0.446. The Hall–Kier alpha value is -4.20. The van der Waals surface area contributed by atoms with E-state index in [1.54, 1.807) is 0 Å². The number of hydrogen-bond donors (Lipinski definition) is 2. The van der Waals surface area contributed by atoms with Crippen molar-refractivity contribution in [3.63, 3.8) is 0 Å². The van der Waals surface area contributed by atoms with E-state index in [2.05, 4.69) is 5.32 Å². The van der Waals surface area contributed by atoms with Gasteiger partial charge in [-0.05, 0) is 40.8 Å². The molecular formula is C23H18N2O6. The molecule has 0 heterocycles. The number of hydrogen-bond acceptors (Lipinski definition) is 5. The van der Waals surface area contributed by atoms with Crippen LogP contribution in [-0.4, -0.2) is 28.7 Å². The van der Waals surface area contributed by atoms with Crippen molar-refractivity contribution in [2.75, 3.05) is 11.9 Å². The van der Waals surface area contributed by atoms with E-state index in [9.17, 15) is 24.8 Å². The molecule has 0 aliphatic heterocycles. The van der Waals surface area contributed by atoms with Gasteiger partial charge in [0.2, 0.25) is 0 Å². The summed E-state index contributed by atoms with van der Waals surface area (Å²) in [4.78, 5) is 34.7. The summed E-state index contributed by atoms with van der Waals surface area (Å²) in [7, 11) is 0. The molecule has 0 saturated heterocycles. The summed E-state index contributed by atoms with van der Waals surface area (Å²) in [5.41, 5.74) is 3.27. The molecule has 0 unspecified atom stereocenters. The van der Waals surface area contributed by atoms with Crippen LogP contribution in [0.2, 0.25) is 0 Å². The first-order valence-electron chi connectivity index (χ1n) is 9.51. The van der Waals surface area contributed by atoms with Crippen LogP contribution in [0.3, 0.4) is 0 Å². The maximum atomic E-state index is 12.5. The summed E-state index contributed by atoms with van der Waals surface area (Å²) >= 11 is 0. The number of anilines is 1. The summed E-state index contributed by atoms with van der Waals surface area (Å²) in [6.45, 7) is 1.54. The lowest BCUT2D eigenvalue weighted by Crippen LogP contribution is -2.20. The molecule has 0 radical (unpaired) electrons. The van der Waals surface area contributed by atoms with Gasteiger partial charge in [0.15, 0.2) is 0 Å². The number of nitro groups is 1. The second kappa shape index (κ2) is 7.91.